The van der Waals surface area contributed by atoms with Gasteiger partial charge in [-0.1, -0.05) is 36.5 Å². The summed E-state index contributed by atoms with van der Waals surface area (Å²) in [6, 6.07) is 6.94. The molecule has 0 bridgehead atoms. The van der Waals surface area contributed by atoms with Crippen molar-refractivity contribution in [1.82, 2.24) is 9.80 Å². The SMILES string of the molecule is C=CCOC(=O)C1=C(C)N=C2SC=C(CC(=O)N3CCCC(C(=O)OCC)C3)N2C1c1ccc(OC)cc1. The summed E-state index contributed by atoms with van der Waals surface area (Å²) in [5.41, 5.74) is 2.54. The highest BCUT2D eigenvalue weighted by molar-refractivity contribution is 8.16. The maximum absolute atomic E-state index is 13.4. The largest absolute Gasteiger partial charge is 0.497 e. The predicted octanol–water partition coefficient (Wildman–Crippen LogP) is 4.19. The van der Waals surface area contributed by atoms with E-state index in [4.69, 9.17) is 14.2 Å². The van der Waals surface area contributed by atoms with Crippen molar-refractivity contribution >= 4 is 34.8 Å². The number of hydrogen-bond donors (Lipinski definition) is 0. The molecule has 0 spiro atoms. The number of methoxy groups -OCH3 is 1. The fraction of sp³-hybridized carbons (Fsp3) is 0.429. The fourth-order valence-corrected chi connectivity index (χ4v) is 5.83. The second-order valence-electron chi connectivity index (χ2n) is 9.16. The molecule has 1 fully saturated rings. The van der Waals surface area contributed by atoms with Crippen LogP contribution >= 0.6 is 11.8 Å². The van der Waals surface area contributed by atoms with Gasteiger partial charge in [0.15, 0.2) is 5.17 Å². The number of benzene rings is 1. The number of piperidine rings is 1. The van der Waals surface area contributed by atoms with Gasteiger partial charge in [0.1, 0.15) is 12.4 Å². The molecular formula is C28H33N3O6S. The molecule has 3 heterocycles. The van der Waals surface area contributed by atoms with Gasteiger partial charge in [-0.25, -0.2) is 9.79 Å². The molecule has 10 heteroatoms. The summed E-state index contributed by atoms with van der Waals surface area (Å²) in [4.78, 5) is 47.3. The van der Waals surface area contributed by atoms with E-state index in [-0.39, 0.29) is 30.8 Å². The Labute approximate surface area is 227 Å². The molecule has 1 aromatic rings. The Hall–Kier alpha value is -3.53. The zero-order chi connectivity index (χ0) is 27.2. The lowest BCUT2D eigenvalue weighted by Crippen LogP contribution is -2.44. The smallest absolute Gasteiger partial charge is 0.338 e. The molecular weight excluding hydrogens is 506 g/mol. The molecule has 3 aliphatic rings. The van der Waals surface area contributed by atoms with Crippen molar-refractivity contribution in [2.24, 2.45) is 10.9 Å². The van der Waals surface area contributed by atoms with Gasteiger partial charge in [0.25, 0.3) is 0 Å². The lowest BCUT2D eigenvalue weighted by molar-refractivity contribution is -0.151. The second kappa shape index (κ2) is 12.3. The van der Waals surface area contributed by atoms with Crippen molar-refractivity contribution in [2.75, 3.05) is 33.4 Å². The normalized spacial score (nSPS) is 20.8. The lowest BCUT2D eigenvalue weighted by atomic mass is 9.93. The molecule has 38 heavy (non-hydrogen) atoms. The van der Waals surface area contributed by atoms with Gasteiger partial charge >= 0.3 is 11.9 Å². The van der Waals surface area contributed by atoms with Crippen LogP contribution in [0.3, 0.4) is 0 Å². The number of esters is 2. The molecule has 0 N–H and O–H groups in total. The lowest BCUT2D eigenvalue weighted by Gasteiger charge is -2.37. The number of amidine groups is 1. The molecule has 9 nitrogen and oxygen atoms in total. The molecule has 202 valence electrons. The molecule has 0 aromatic heterocycles. The molecule has 0 saturated carbocycles. The first-order valence-electron chi connectivity index (χ1n) is 12.7. The van der Waals surface area contributed by atoms with Crippen LogP contribution < -0.4 is 4.74 Å². The van der Waals surface area contributed by atoms with Gasteiger partial charge in [0, 0.05) is 18.8 Å². The summed E-state index contributed by atoms with van der Waals surface area (Å²) in [7, 11) is 1.60. The zero-order valence-corrected chi connectivity index (χ0v) is 22.8. The highest BCUT2D eigenvalue weighted by atomic mass is 32.2. The van der Waals surface area contributed by atoms with Crippen molar-refractivity contribution in [3.8, 4) is 5.75 Å². The van der Waals surface area contributed by atoms with Crippen molar-refractivity contribution in [3.05, 3.63) is 64.9 Å². The summed E-state index contributed by atoms with van der Waals surface area (Å²) < 4.78 is 15.9. The Morgan fingerprint density at radius 1 is 1.21 bits per heavy atom. The van der Waals surface area contributed by atoms with Crippen LogP contribution in [-0.2, 0) is 23.9 Å². The van der Waals surface area contributed by atoms with E-state index in [0.29, 0.717) is 48.3 Å². The van der Waals surface area contributed by atoms with Gasteiger partial charge in [0.2, 0.25) is 5.91 Å². The van der Waals surface area contributed by atoms with Crippen LogP contribution in [0.25, 0.3) is 0 Å². The van der Waals surface area contributed by atoms with Crippen LogP contribution in [-0.4, -0.2) is 66.2 Å². The van der Waals surface area contributed by atoms with Gasteiger partial charge in [-0.15, -0.1) is 0 Å². The van der Waals surface area contributed by atoms with Crippen LogP contribution in [0.5, 0.6) is 5.75 Å². The highest BCUT2D eigenvalue weighted by Crippen LogP contribution is 2.45. The Morgan fingerprint density at radius 2 is 1.97 bits per heavy atom. The molecule has 4 rings (SSSR count). The third-order valence-corrected chi connectivity index (χ3v) is 7.60. The Bertz CT molecular complexity index is 1190. The van der Waals surface area contributed by atoms with Crippen molar-refractivity contribution in [1.29, 1.82) is 0 Å². The van der Waals surface area contributed by atoms with E-state index < -0.39 is 12.0 Å². The van der Waals surface area contributed by atoms with Crippen molar-refractivity contribution in [3.63, 3.8) is 0 Å². The maximum Gasteiger partial charge on any atom is 0.338 e. The van der Waals surface area contributed by atoms with E-state index in [1.807, 2.05) is 34.6 Å². The summed E-state index contributed by atoms with van der Waals surface area (Å²) in [6.45, 7) is 8.54. The van der Waals surface area contributed by atoms with E-state index in [1.165, 1.54) is 17.8 Å². The first kappa shape index (κ1) is 27.5. The van der Waals surface area contributed by atoms with Crippen molar-refractivity contribution in [2.45, 2.75) is 39.2 Å². The quantitative estimate of drug-likeness (QED) is 0.340. The van der Waals surface area contributed by atoms with Crippen LogP contribution in [0, 0.1) is 5.92 Å². The average Bonchev–Trinajstić information content (AvgIpc) is 3.32. The zero-order valence-electron chi connectivity index (χ0n) is 22.0. The Balaban J connectivity index is 1.61. The minimum Gasteiger partial charge on any atom is -0.497 e. The number of aliphatic imine (C=N–C) groups is 1. The minimum atomic E-state index is -0.534. The molecule has 0 radical (unpaired) electrons. The number of rotatable bonds is 9. The number of fused-ring (bicyclic) bond motifs is 1. The molecule has 2 unspecified atom stereocenters. The summed E-state index contributed by atoms with van der Waals surface area (Å²) in [5.74, 6) is -0.438. The first-order chi connectivity index (χ1) is 18.4. The van der Waals surface area contributed by atoms with Crippen LogP contribution in [0.2, 0.25) is 0 Å². The predicted molar refractivity (Wildman–Crippen MR) is 145 cm³/mol. The monoisotopic (exact) mass is 539 g/mol. The maximum atomic E-state index is 13.4. The summed E-state index contributed by atoms with van der Waals surface area (Å²) in [6.07, 6.45) is 3.09. The number of nitrogens with zero attached hydrogens (tertiary/aromatic N) is 3. The number of carbonyl (C=O) groups excluding carboxylic acids is 3. The van der Waals surface area contributed by atoms with Crippen molar-refractivity contribution < 1.29 is 28.6 Å². The van der Waals surface area contributed by atoms with Gasteiger partial charge in [-0.05, 0) is 49.8 Å². The number of carbonyl (C=O) groups is 3. The van der Waals surface area contributed by atoms with E-state index in [1.54, 1.807) is 25.9 Å². The van der Waals surface area contributed by atoms with Crippen LogP contribution in [0.1, 0.15) is 44.7 Å². The van der Waals surface area contributed by atoms with Gasteiger partial charge in [0.05, 0.1) is 43.4 Å². The number of allylic oxidation sites excluding steroid dienone is 1. The molecule has 2 atom stereocenters. The third kappa shape index (κ3) is 5.80. The van der Waals surface area contributed by atoms with E-state index in [0.717, 1.165) is 17.7 Å². The number of hydrogen-bond acceptors (Lipinski definition) is 9. The average molecular weight is 540 g/mol. The first-order valence-corrected chi connectivity index (χ1v) is 13.6. The Morgan fingerprint density at radius 3 is 2.66 bits per heavy atom. The standard InChI is InChI=1S/C28H33N3O6S/c1-5-14-37-27(34)24-18(3)29-28-31(25(24)19-9-11-22(35-4)12-10-19)21(17-38-28)15-23(32)30-13-7-8-20(16-30)26(33)36-6-2/h5,9-12,17,20,25H,1,6-8,13-16H2,2-4H3. The minimum absolute atomic E-state index is 0.0774. The molecule has 3 aliphatic heterocycles. The number of thioether (sulfide) groups is 1. The van der Waals surface area contributed by atoms with Gasteiger partial charge in [-0.3, -0.25) is 9.59 Å². The third-order valence-electron chi connectivity index (χ3n) is 6.71. The van der Waals surface area contributed by atoms with Gasteiger partial charge in [-0.2, -0.15) is 0 Å². The van der Waals surface area contributed by atoms with E-state index in [9.17, 15) is 14.4 Å². The number of amides is 1. The van der Waals surface area contributed by atoms with Crippen LogP contribution in [0.15, 0.2) is 64.3 Å². The number of likely N-dealkylation sites (tertiary alicyclic amines) is 1. The van der Waals surface area contributed by atoms with Crippen LogP contribution in [0.4, 0.5) is 0 Å². The molecule has 1 amide bonds. The summed E-state index contributed by atoms with van der Waals surface area (Å²) in [5, 5.41) is 2.60. The van der Waals surface area contributed by atoms with E-state index in [2.05, 4.69) is 11.6 Å². The molecule has 1 saturated heterocycles. The molecule has 1 aromatic carbocycles. The topological polar surface area (TPSA) is 97.7 Å². The van der Waals surface area contributed by atoms with E-state index >= 15 is 0 Å². The van der Waals surface area contributed by atoms with Gasteiger partial charge < -0.3 is 24.0 Å². The number of ether oxygens (including phenoxy) is 3. The Kier molecular flexibility index (Phi) is 8.93. The summed E-state index contributed by atoms with van der Waals surface area (Å²) >= 11 is 1.42. The fourth-order valence-electron chi connectivity index (χ4n) is 4.87. The second-order valence-corrected chi connectivity index (χ2v) is 10.00. The molecule has 0 aliphatic carbocycles. The highest BCUT2D eigenvalue weighted by Gasteiger charge is 2.41.